The molecule has 0 aliphatic rings. The topological polar surface area (TPSA) is 12.4 Å². The highest BCUT2D eigenvalue weighted by Gasteiger charge is 1.78. The second kappa shape index (κ2) is 4.57. The summed E-state index contributed by atoms with van der Waals surface area (Å²) in [4.78, 5) is 4.10. The lowest BCUT2D eigenvalue weighted by Gasteiger charge is -1.88. The van der Waals surface area contributed by atoms with Crippen molar-refractivity contribution in [2.75, 3.05) is 0 Å². The van der Waals surface area contributed by atoms with Gasteiger partial charge in [-0.1, -0.05) is 6.08 Å². The predicted molar refractivity (Wildman–Crippen MR) is 38.4 cm³/mol. The molecule has 46 valence electrons. The largest absolute Gasteiger partial charge is 0.290 e. The lowest BCUT2D eigenvalue weighted by Crippen LogP contribution is -1.86. The molecule has 0 spiro atoms. The van der Waals surface area contributed by atoms with Crippen molar-refractivity contribution >= 4 is 6.21 Å². The van der Waals surface area contributed by atoms with Gasteiger partial charge >= 0.3 is 0 Å². The minimum absolute atomic E-state index is 0.422. The van der Waals surface area contributed by atoms with Gasteiger partial charge in [-0.2, -0.15) is 0 Å². The lowest BCUT2D eigenvalue weighted by molar-refractivity contribution is 0.842. The highest BCUT2D eigenvalue weighted by atomic mass is 14.7. The zero-order chi connectivity index (χ0) is 6.41. The van der Waals surface area contributed by atoms with E-state index in [-0.39, 0.29) is 0 Å². The summed E-state index contributed by atoms with van der Waals surface area (Å²) in [6.07, 6.45) is 5.72. The van der Waals surface area contributed by atoms with Crippen molar-refractivity contribution in [2.45, 2.75) is 26.8 Å². The molecule has 0 rings (SSSR count). The summed E-state index contributed by atoms with van der Waals surface area (Å²) in [5.74, 6) is 0. The summed E-state index contributed by atoms with van der Waals surface area (Å²) in [5, 5.41) is 0. The van der Waals surface area contributed by atoms with Crippen LogP contribution in [0.15, 0.2) is 17.1 Å². The number of rotatable bonds is 2. The SMILES string of the molecule is C/C=C\C=NC(C)C. The molecular formula is C7H13N. The quantitative estimate of drug-likeness (QED) is 0.483. The Morgan fingerprint density at radius 2 is 2.00 bits per heavy atom. The lowest BCUT2D eigenvalue weighted by atomic mass is 10.4. The van der Waals surface area contributed by atoms with Crippen molar-refractivity contribution in [3.63, 3.8) is 0 Å². The van der Waals surface area contributed by atoms with Crippen molar-refractivity contribution in [1.82, 2.24) is 0 Å². The Morgan fingerprint density at radius 3 is 2.38 bits per heavy atom. The summed E-state index contributed by atoms with van der Waals surface area (Å²) in [7, 11) is 0. The molecule has 0 atom stereocenters. The molecule has 0 saturated carbocycles. The van der Waals surface area contributed by atoms with Crippen molar-refractivity contribution in [2.24, 2.45) is 4.99 Å². The summed E-state index contributed by atoms with van der Waals surface area (Å²) in [5.41, 5.74) is 0. The van der Waals surface area contributed by atoms with Crippen LogP contribution in [-0.2, 0) is 0 Å². The molecule has 0 aliphatic heterocycles. The van der Waals surface area contributed by atoms with E-state index < -0.39 is 0 Å². The van der Waals surface area contributed by atoms with Gasteiger partial charge in [0.25, 0.3) is 0 Å². The van der Waals surface area contributed by atoms with Crippen molar-refractivity contribution < 1.29 is 0 Å². The summed E-state index contributed by atoms with van der Waals surface area (Å²) < 4.78 is 0. The highest BCUT2D eigenvalue weighted by Crippen LogP contribution is 1.81. The molecule has 0 aliphatic carbocycles. The van der Waals surface area contributed by atoms with Crippen molar-refractivity contribution in [1.29, 1.82) is 0 Å². The number of nitrogens with zero attached hydrogens (tertiary/aromatic N) is 1. The van der Waals surface area contributed by atoms with E-state index in [1.54, 1.807) is 0 Å². The van der Waals surface area contributed by atoms with Crippen molar-refractivity contribution in [3.8, 4) is 0 Å². The van der Waals surface area contributed by atoms with E-state index in [0.717, 1.165) is 0 Å². The van der Waals surface area contributed by atoms with Crippen LogP contribution in [0.1, 0.15) is 20.8 Å². The molecule has 0 saturated heterocycles. The van der Waals surface area contributed by atoms with E-state index >= 15 is 0 Å². The molecule has 0 aromatic carbocycles. The molecular weight excluding hydrogens is 98.1 g/mol. The molecule has 0 unspecified atom stereocenters. The maximum atomic E-state index is 4.10. The first kappa shape index (κ1) is 7.41. The fourth-order valence-electron chi connectivity index (χ4n) is 0.308. The van der Waals surface area contributed by atoms with Crippen LogP contribution < -0.4 is 0 Å². The van der Waals surface area contributed by atoms with Gasteiger partial charge in [-0.3, -0.25) is 4.99 Å². The van der Waals surface area contributed by atoms with Gasteiger partial charge in [-0.15, -0.1) is 0 Å². The van der Waals surface area contributed by atoms with E-state index in [2.05, 4.69) is 18.8 Å². The van der Waals surface area contributed by atoms with Crippen LogP contribution in [0.3, 0.4) is 0 Å². The molecule has 0 bridgehead atoms. The molecule has 0 aromatic heterocycles. The highest BCUT2D eigenvalue weighted by molar-refractivity contribution is 5.70. The fourth-order valence-corrected chi connectivity index (χ4v) is 0.308. The molecule has 8 heavy (non-hydrogen) atoms. The maximum Gasteiger partial charge on any atom is 0.0443 e. The summed E-state index contributed by atoms with van der Waals surface area (Å²) >= 11 is 0. The zero-order valence-electron chi connectivity index (χ0n) is 5.76. The zero-order valence-corrected chi connectivity index (χ0v) is 5.76. The van der Waals surface area contributed by atoms with Gasteiger partial charge in [0, 0.05) is 12.3 Å². The first-order valence-corrected chi connectivity index (χ1v) is 2.92. The first-order chi connectivity index (χ1) is 3.77. The van der Waals surface area contributed by atoms with Gasteiger partial charge in [0.15, 0.2) is 0 Å². The smallest absolute Gasteiger partial charge is 0.0443 e. The van der Waals surface area contributed by atoms with Crippen LogP contribution in [0.25, 0.3) is 0 Å². The Hall–Kier alpha value is -0.590. The van der Waals surface area contributed by atoms with E-state index in [0.29, 0.717) is 6.04 Å². The minimum atomic E-state index is 0.422. The second-order valence-corrected chi connectivity index (χ2v) is 1.92. The van der Waals surface area contributed by atoms with Gasteiger partial charge in [0.2, 0.25) is 0 Å². The normalized spacial score (nSPS) is 12.5. The van der Waals surface area contributed by atoms with Crippen LogP contribution in [-0.4, -0.2) is 12.3 Å². The third-order valence-electron chi connectivity index (χ3n) is 0.663. The Balaban J connectivity index is 3.34. The van der Waals surface area contributed by atoms with E-state index in [1.807, 2.05) is 25.3 Å². The van der Waals surface area contributed by atoms with Crippen LogP contribution in [0.2, 0.25) is 0 Å². The van der Waals surface area contributed by atoms with E-state index in [1.165, 1.54) is 0 Å². The monoisotopic (exact) mass is 111 g/mol. The van der Waals surface area contributed by atoms with E-state index in [9.17, 15) is 0 Å². The molecule has 1 heteroatoms. The summed E-state index contributed by atoms with van der Waals surface area (Å²) in [6, 6.07) is 0.422. The van der Waals surface area contributed by atoms with Crippen molar-refractivity contribution in [3.05, 3.63) is 12.2 Å². The van der Waals surface area contributed by atoms with Crippen LogP contribution in [0.4, 0.5) is 0 Å². The second-order valence-electron chi connectivity index (χ2n) is 1.92. The van der Waals surface area contributed by atoms with Gasteiger partial charge in [-0.25, -0.2) is 0 Å². The molecule has 0 fully saturated rings. The van der Waals surface area contributed by atoms with Crippen LogP contribution in [0, 0.1) is 0 Å². The standard InChI is InChI=1S/C7H13N/c1-4-5-6-8-7(2)3/h4-7H,1-3H3/b5-4-,8-6?. The van der Waals surface area contributed by atoms with E-state index in [4.69, 9.17) is 0 Å². The van der Waals surface area contributed by atoms with Gasteiger partial charge in [0.05, 0.1) is 0 Å². The predicted octanol–water partition coefficient (Wildman–Crippen LogP) is 2.04. The Bertz CT molecular complexity index is 90.6. The number of hydrogen-bond donors (Lipinski definition) is 0. The Labute approximate surface area is 51.1 Å². The van der Waals surface area contributed by atoms with Gasteiger partial charge in [-0.05, 0) is 26.8 Å². The molecule has 0 N–H and O–H groups in total. The number of hydrogen-bond acceptors (Lipinski definition) is 1. The third kappa shape index (κ3) is 5.41. The maximum absolute atomic E-state index is 4.10. The number of aliphatic imine (C=N–C) groups is 1. The molecule has 0 aromatic rings. The minimum Gasteiger partial charge on any atom is -0.290 e. The summed E-state index contributed by atoms with van der Waals surface area (Å²) in [6.45, 7) is 6.09. The number of allylic oxidation sites excluding steroid dienone is 2. The molecule has 0 heterocycles. The van der Waals surface area contributed by atoms with Crippen LogP contribution in [0.5, 0.6) is 0 Å². The third-order valence-corrected chi connectivity index (χ3v) is 0.663. The Morgan fingerprint density at radius 1 is 1.38 bits per heavy atom. The fraction of sp³-hybridized carbons (Fsp3) is 0.571. The van der Waals surface area contributed by atoms with Crippen LogP contribution >= 0.6 is 0 Å². The molecule has 0 radical (unpaired) electrons. The van der Waals surface area contributed by atoms with Gasteiger partial charge in [0.1, 0.15) is 0 Å². The molecule has 0 amide bonds. The first-order valence-electron chi connectivity index (χ1n) is 2.92. The average Bonchev–Trinajstić information content (AvgIpc) is 1.66. The average molecular weight is 111 g/mol. The molecule has 1 nitrogen and oxygen atoms in total. The Kier molecular flexibility index (Phi) is 4.23. The van der Waals surface area contributed by atoms with Gasteiger partial charge < -0.3 is 0 Å².